The van der Waals surface area contributed by atoms with Crippen LogP contribution in [0.15, 0.2) is 112 Å². The Bertz CT molecular complexity index is 1700. The molecule has 0 aliphatic rings. The van der Waals surface area contributed by atoms with Crippen LogP contribution in [0.25, 0.3) is 0 Å². The number of nitrogens with one attached hydrogen (secondary N) is 1. The molecule has 10 heteroatoms. The van der Waals surface area contributed by atoms with Gasteiger partial charge in [0.15, 0.2) is 0 Å². The van der Waals surface area contributed by atoms with Gasteiger partial charge in [-0.1, -0.05) is 89.9 Å². The molecule has 2 amide bonds. The van der Waals surface area contributed by atoms with Crippen LogP contribution in [-0.2, 0) is 32.6 Å². The van der Waals surface area contributed by atoms with E-state index in [2.05, 4.69) is 21.2 Å². The first-order valence-electron chi connectivity index (χ1n) is 15.1. The molecule has 0 radical (unpaired) electrons. The number of aryl methyl sites for hydroxylation is 1. The van der Waals surface area contributed by atoms with Crippen LogP contribution in [-0.4, -0.2) is 51.4 Å². The predicted molar refractivity (Wildman–Crippen MR) is 185 cm³/mol. The van der Waals surface area contributed by atoms with Crippen molar-refractivity contribution in [3.8, 4) is 5.75 Å². The second kappa shape index (κ2) is 15.9. The van der Waals surface area contributed by atoms with E-state index >= 15 is 0 Å². The van der Waals surface area contributed by atoms with Gasteiger partial charge in [0.2, 0.25) is 11.8 Å². The monoisotopic (exact) mass is 705 g/mol. The second-order valence-corrected chi connectivity index (χ2v) is 14.3. The molecule has 4 aromatic rings. The van der Waals surface area contributed by atoms with Gasteiger partial charge in [0.1, 0.15) is 18.3 Å². The third-order valence-corrected chi connectivity index (χ3v) is 9.79. The van der Waals surface area contributed by atoms with E-state index in [1.165, 1.54) is 24.1 Å². The highest BCUT2D eigenvalue weighted by molar-refractivity contribution is 9.10. The molecule has 0 unspecified atom stereocenters. The number of hydrogen-bond acceptors (Lipinski definition) is 5. The minimum absolute atomic E-state index is 0.0108. The van der Waals surface area contributed by atoms with Crippen LogP contribution < -0.4 is 14.4 Å². The lowest BCUT2D eigenvalue weighted by Crippen LogP contribution is -2.53. The fourth-order valence-electron chi connectivity index (χ4n) is 4.88. The van der Waals surface area contributed by atoms with Crippen molar-refractivity contribution in [1.29, 1.82) is 0 Å². The van der Waals surface area contributed by atoms with Crippen molar-refractivity contribution in [3.05, 3.63) is 124 Å². The van der Waals surface area contributed by atoms with E-state index in [1.54, 1.807) is 36.4 Å². The molecule has 0 bridgehead atoms. The minimum Gasteiger partial charge on any atom is -0.497 e. The zero-order chi connectivity index (χ0) is 33.3. The van der Waals surface area contributed by atoms with Crippen LogP contribution in [0.5, 0.6) is 5.75 Å². The smallest absolute Gasteiger partial charge is 0.264 e. The molecule has 1 N–H and O–H groups in total. The quantitative estimate of drug-likeness (QED) is 0.164. The Kier molecular flexibility index (Phi) is 12.0. The van der Waals surface area contributed by atoms with E-state index in [1.807, 2.05) is 75.4 Å². The highest BCUT2D eigenvalue weighted by atomic mass is 79.9. The standard InChI is InChI=1S/C36H40BrN3O5S/c1-26(2)23-38-36(42)34(22-28-8-6-5-7-9-28)39(24-29-12-14-30(37)15-13-29)35(41)25-40(31-16-10-27(3)11-17-31)46(43,44)33-20-18-32(45-4)19-21-33/h5-21,26,34H,22-25H2,1-4H3,(H,38,42)/t34-/m0/s1. The average Bonchev–Trinajstić information content (AvgIpc) is 3.05. The SMILES string of the molecule is COc1ccc(S(=O)(=O)N(CC(=O)N(Cc2ccc(Br)cc2)[C@@H](Cc2ccccc2)C(=O)NCC(C)C)c2ccc(C)cc2)cc1. The molecular weight excluding hydrogens is 666 g/mol. The van der Waals surface area contributed by atoms with E-state index < -0.39 is 28.5 Å². The highest BCUT2D eigenvalue weighted by Crippen LogP contribution is 2.27. The number of amides is 2. The van der Waals surface area contributed by atoms with E-state index in [0.717, 1.165) is 25.5 Å². The van der Waals surface area contributed by atoms with Gasteiger partial charge in [-0.05, 0) is 72.5 Å². The second-order valence-electron chi connectivity index (χ2n) is 11.5. The summed E-state index contributed by atoms with van der Waals surface area (Å²) in [5.74, 6) is -0.110. The third-order valence-electron chi connectivity index (χ3n) is 7.47. The van der Waals surface area contributed by atoms with Gasteiger partial charge >= 0.3 is 0 Å². The molecule has 46 heavy (non-hydrogen) atoms. The number of sulfonamides is 1. The molecule has 0 aromatic heterocycles. The lowest BCUT2D eigenvalue weighted by Gasteiger charge is -2.34. The van der Waals surface area contributed by atoms with Crippen LogP contribution in [0.1, 0.15) is 30.5 Å². The van der Waals surface area contributed by atoms with Crippen LogP contribution in [0.3, 0.4) is 0 Å². The summed E-state index contributed by atoms with van der Waals surface area (Å²) in [4.78, 5) is 29.9. The summed E-state index contributed by atoms with van der Waals surface area (Å²) < 4.78 is 35.6. The first-order valence-corrected chi connectivity index (χ1v) is 17.3. The summed E-state index contributed by atoms with van der Waals surface area (Å²) in [6.07, 6.45) is 0.253. The summed E-state index contributed by atoms with van der Waals surface area (Å²) in [5.41, 5.74) is 2.95. The van der Waals surface area contributed by atoms with E-state index in [4.69, 9.17) is 4.74 Å². The lowest BCUT2D eigenvalue weighted by atomic mass is 10.0. The first-order chi connectivity index (χ1) is 22.0. The molecule has 8 nitrogen and oxygen atoms in total. The summed E-state index contributed by atoms with van der Waals surface area (Å²) in [6.45, 7) is 5.92. The molecule has 0 spiro atoms. The Morgan fingerprint density at radius 1 is 0.848 bits per heavy atom. The zero-order valence-electron chi connectivity index (χ0n) is 26.5. The number of anilines is 1. The Balaban J connectivity index is 1.79. The molecule has 0 saturated carbocycles. The normalized spacial score (nSPS) is 12.0. The van der Waals surface area contributed by atoms with E-state index in [0.29, 0.717) is 18.0 Å². The van der Waals surface area contributed by atoms with Gasteiger partial charge in [-0.15, -0.1) is 0 Å². The number of ether oxygens (including phenoxy) is 1. The molecule has 0 aliphatic heterocycles. The van der Waals surface area contributed by atoms with Crippen molar-refractivity contribution in [3.63, 3.8) is 0 Å². The van der Waals surface area contributed by atoms with Crippen molar-refractivity contribution >= 4 is 43.5 Å². The van der Waals surface area contributed by atoms with Crippen molar-refractivity contribution in [2.24, 2.45) is 5.92 Å². The lowest BCUT2D eigenvalue weighted by molar-refractivity contribution is -0.140. The number of methoxy groups -OCH3 is 1. The van der Waals surface area contributed by atoms with Gasteiger partial charge in [0.25, 0.3) is 10.0 Å². The minimum atomic E-state index is -4.20. The maximum absolute atomic E-state index is 14.5. The number of nitrogens with zero attached hydrogens (tertiary/aromatic N) is 2. The van der Waals surface area contributed by atoms with Gasteiger partial charge in [0.05, 0.1) is 17.7 Å². The van der Waals surface area contributed by atoms with Crippen LogP contribution in [0.2, 0.25) is 0 Å². The maximum atomic E-state index is 14.5. The Hall–Kier alpha value is -4.15. The molecule has 4 rings (SSSR count). The number of benzene rings is 4. The molecular formula is C36H40BrN3O5S. The summed E-state index contributed by atoms with van der Waals surface area (Å²) in [6, 6.07) is 29.1. The fraction of sp³-hybridized carbons (Fsp3) is 0.278. The number of carbonyl (C=O) groups is 2. The molecule has 0 aliphatic carbocycles. The molecule has 0 fully saturated rings. The Morgan fingerprint density at radius 2 is 1.48 bits per heavy atom. The summed E-state index contributed by atoms with van der Waals surface area (Å²) in [7, 11) is -2.70. The van der Waals surface area contributed by atoms with Crippen LogP contribution in [0, 0.1) is 12.8 Å². The van der Waals surface area contributed by atoms with Crippen LogP contribution >= 0.6 is 15.9 Å². The largest absolute Gasteiger partial charge is 0.497 e. The van der Waals surface area contributed by atoms with Crippen molar-refractivity contribution in [1.82, 2.24) is 10.2 Å². The highest BCUT2D eigenvalue weighted by Gasteiger charge is 2.34. The number of carbonyl (C=O) groups excluding carboxylic acids is 2. The number of rotatable bonds is 14. The van der Waals surface area contributed by atoms with Crippen molar-refractivity contribution in [2.45, 2.75) is 44.7 Å². The summed E-state index contributed by atoms with van der Waals surface area (Å²) >= 11 is 3.46. The predicted octanol–water partition coefficient (Wildman–Crippen LogP) is 6.37. The Morgan fingerprint density at radius 3 is 2.07 bits per heavy atom. The molecule has 1 atom stereocenters. The number of hydrogen-bond donors (Lipinski definition) is 1. The van der Waals surface area contributed by atoms with Crippen molar-refractivity contribution in [2.75, 3.05) is 24.5 Å². The number of halogens is 1. The first kappa shape index (κ1) is 34.7. The zero-order valence-corrected chi connectivity index (χ0v) is 28.9. The average molecular weight is 707 g/mol. The molecule has 0 saturated heterocycles. The molecule has 4 aromatic carbocycles. The third kappa shape index (κ3) is 9.20. The molecule has 242 valence electrons. The summed E-state index contributed by atoms with van der Waals surface area (Å²) in [5, 5.41) is 3.01. The van der Waals surface area contributed by atoms with Gasteiger partial charge in [-0.25, -0.2) is 8.42 Å². The van der Waals surface area contributed by atoms with E-state index in [9.17, 15) is 18.0 Å². The van der Waals surface area contributed by atoms with Gasteiger partial charge in [-0.2, -0.15) is 0 Å². The van der Waals surface area contributed by atoms with Crippen LogP contribution in [0.4, 0.5) is 5.69 Å². The molecule has 0 heterocycles. The van der Waals surface area contributed by atoms with E-state index in [-0.39, 0.29) is 29.7 Å². The van der Waals surface area contributed by atoms with Gasteiger partial charge < -0.3 is 15.0 Å². The topological polar surface area (TPSA) is 96.0 Å². The van der Waals surface area contributed by atoms with Gasteiger partial charge in [0, 0.05) is 24.0 Å². The maximum Gasteiger partial charge on any atom is 0.264 e. The Labute approximate surface area is 280 Å². The van der Waals surface area contributed by atoms with Gasteiger partial charge in [-0.3, -0.25) is 13.9 Å². The van der Waals surface area contributed by atoms with Crippen molar-refractivity contribution < 1.29 is 22.7 Å². The fourth-order valence-corrected chi connectivity index (χ4v) is 6.56.